The van der Waals surface area contributed by atoms with E-state index in [-0.39, 0.29) is 11.8 Å². The third-order valence-corrected chi connectivity index (χ3v) is 6.23. The first kappa shape index (κ1) is 19.5. The van der Waals surface area contributed by atoms with Gasteiger partial charge in [-0.2, -0.15) is 0 Å². The number of nitrogens with zero attached hydrogens (tertiary/aromatic N) is 2. The number of carbonyl (C=O) groups is 1. The Morgan fingerprint density at radius 3 is 2.71 bits per heavy atom. The molecule has 2 aliphatic rings. The van der Waals surface area contributed by atoms with E-state index in [9.17, 15) is 4.79 Å². The topological polar surface area (TPSA) is 58.4 Å². The number of piperidine rings is 1. The van der Waals surface area contributed by atoms with Crippen LogP contribution in [0.2, 0.25) is 5.02 Å². The van der Waals surface area contributed by atoms with Crippen LogP contribution in [0.3, 0.4) is 0 Å². The van der Waals surface area contributed by atoms with Crippen molar-refractivity contribution in [2.24, 2.45) is 5.92 Å². The van der Waals surface area contributed by atoms with E-state index in [2.05, 4.69) is 10.2 Å². The summed E-state index contributed by atoms with van der Waals surface area (Å²) in [6.07, 6.45) is 6.61. The summed E-state index contributed by atoms with van der Waals surface area (Å²) in [5.74, 6) is 1.86. The maximum absolute atomic E-state index is 12.5. The molecule has 2 aromatic rings. The van der Waals surface area contributed by atoms with Crippen molar-refractivity contribution < 1.29 is 9.21 Å². The Bertz CT molecular complexity index is 821. The van der Waals surface area contributed by atoms with E-state index in [1.165, 1.54) is 12.8 Å². The lowest BCUT2D eigenvalue weighted by molar-refractivity contribution is -0.127. The molecule has 0 unspecified atom stereocenters. The molecule has 1 aliphatic carbocycles. The summed E-state index contributed by atoms with van der Waals surface area (Å²) in [4.78, 5) is 19.6. The number of nitrogens with one attached hydrogen (secondary N) is 1. The van der Waals surface area contributed by atoms with Gasteiger partial charge in [0.1, 0.15) is 5.76 Å². The van der Waals surface area contributed by atoms with Crippen molar-refractivity contribution in [3.63, 3.8) is 0 Å². The number of rotatable bonds is 5. The number of halogens is 1. The van der Waals surface area contributed by atoms with Gasteiger partial charge in [0.2, 0.25) is 11.8 Å². The summed E-state index contributed by atoms with van der Waals surface area (Å²) in [6.45, 7) is 4.55. The highest BCUT2D eigenvalue weighted by atomic mass is 35.5. The second kappa shape index (κ2) is 8.66. The van der Waals surface area contributed by atoms with E-state index in [1.807, 2.05) is 31.2 Å². The minimum atomic E-state index is 0.150. The van der Waals surface area contributed by atoms with Gasteiger partial charge in [0, 0.05) is 29.1 Å². The molecule has 2 heterocycles. The molecular weight excluding hydrogens is 374 g/mol. The van der Waals surface area contributed by atoms with Gasteiger partial charge in [0.25, 0.3) is 0 Å². The molecule has 1 aromatic carbocycles. The average Bonchev–Trinajstić information content (AvgIpc) is 3.32. The molecule has 1 aromatic heterocycles. The van der Waals surface area contributed by atoms with Gasteiger partial charge < -0.3 is 9.73 Å². The van der Waals surface area contributed by atoms with Gasteiger partial charge in [-0.05, 0) is 63.9 Å². The molecular formula is C22H28ClN3O2. The van der Waals surface area contributed by atoms with Crippen LogP contribution in [0.5, 0.6) is 0 Å². The zero-order valence-corrected chi connectivity index (χ0v) is 17.2. The highest BCUT2D eigenvalue weighted by Gasteiger charge is 2.28. The van der Waals surface area contributed by atoms with Crippen molar-refractivity contribution in [3.8, 4) is 11.5 Å². The Morgan fingerprint density at radius 1 is 1.25 bits per heavy atom. The summed E-state index contributed by atoms with van der Waals surface area (Å²) in [5.41, 5.74) is 1.85. The van der Waals surface area contributed by atoms with Crippen LogP contribution in [-0.2, 0) is 11.3 Å². The standard InChI is InChI=1S/C22H28ClN3O2/c1-15-20(25-22(28-15)17-5-4-6-18(23)13-17)14-26-11-9-16(10-12-26)21(27)24-19-7-2-3-8-19/h4-6,13,16,19H,2-3,7-12,14H2,1H3,(H,24,27). The average molecular weight is 402 g/mol. The molecule has 0 radical (unpaired) electrons. The van der Waals surface area contributed by atoms with Crippen LogP contribution in [0.4, 0.5) is 0 Å². The number of aromatic nitrogens is 1. The number of oxazole rings is 1. The van der Waals surface area contributed by atoms with Crippen molar-refractivity contribution >= 4 is 17.5 Å². The maximum Gasteiger partial charge on any atom is 0.226 e. The molecule has 28 heavy (non-hydrogen) atoms. The summed E-state index contributed by atoms with van der Waals surface area (Å²) >= 11 is 6.08. The first-order valence-corrected chi connectivity index (χ1v) is 10.7. The third kappa shape index (κ3) is 4.58. The van der Waals surface area contributed by atoms with Gasteiger partial charge in [0.05, 0.1) is 5.69 Å². The molecule has 4 rings (SSSR count). The van der Waals surface area contributed by atoms with Crippen molar-refractivity contribution in [1.29, 1.82) is 0 Å². The van der Waals surface area contributed by atoms with Crippen LogP contribution in [0.25, 0.3) is 11.5 Å². The van der Waals surface area contributed by atoms with Crippen LogP contribution in [0.1, 0.15) is 50.0 Å². The fraction of sp³-hybridized carbons (Fsp3) is 0.545. The lowest BCUT2D eigenvalue weighted by atomic mass is 9.95. The van der Waals surface area contributed by atoms with Gasteiger partial charge in [-0.25, -0.2) is 4.98 Å². The number of benzene rings is 1. The Morgan fingerprint density at radius 2 is 2.00 bits per heavy atom. The van der Waals surface area contributed by atoms with Gasteiger partial charge in [-0.1, -0.05) is 30.5 Å². The van der Waals surface area contributed by atoms with Crippen LogP contribution >= 0.6 is 11.6 Å². The molecule has 150 valence electrons. The molecule has 5 nitrogen and oxygen atoms in total. The van der Waals surface area contributed by atoms with Crippen molar-refractivity contribution in [1.82, 2.24) is 15.2 Å². The number of likely N-dealkylation sites (tertiary alicyclic amines) is 1. The normalized spacial score (nSPS) is 19.2. The Balaban J connectivity index is 1.32. The van der Waals surface area contributed by atoms with Gasteiger partial charge in [0.15, 0.2) is 0 Å². The van der Waals surface area contributed by atoms with E-state index < -0.39 is 0 Å². The summed E-state index contributed by atoms with van der Waals surface area (Å²) in [7, 11) is 0. The predicted molar refractivity (Wildman–Crippen MR) is 110 cm³/mol. The zero-order chi connectivity index (χ0) is 19.5. The Hall–Kier alpha value is -1.85. The molecule has 0 spiro atoms. The zero-order valence-electron chi connectivity index (χ0n) is 16.4. The summed E-state index contributed by atoms with van der Waals surface area (Å²) in [5, 5.41) is 3.93. The number of hydrogen-bond acceptors (Lipinski definition) is 4. The van der Waals surface area contributed by atoms with Gasteiger partial charge in [-0.3, -0.25) is 9.69 Å². The minimum Gasteiger partial charge on any atom is -0.441 e. The van der Waals surface area contributed by atoms with E-state index in [4.69, 9.17) is 21.0 Å². The fourth-order valence-corrected chi connectivity index (χ4v) is 4.46. The summed E-state index contributed by atoms with van der Waals surface area (Å²) < 4.78 is 5.87. The van der Waals surface area contributed by atoms with E-state index in [0.717, 1.165) is 62.3 Å². The highest BCUT2D eigenvalue weighted by molar-refractivity contribution is 6.30. The second-order valence-corrected chi connectivity index (χ2v) is 8.51. The lowest BCUT2D eigenvalue weighted by Gasteiger charge is -2.31. The largest absolute Gasteiger partial charge is 0.441 e. The molecule has 6 heteroatoms. The molecule has 2 fully saturated rings. The molecule has 1 amide bonds. The fourth-order valence-electron chi connectivity index (χ4n) is 4.27. The third-order valence-electron chi connectivity index (χ3n) is 6.00. The first-order chi connectivity index (χ1) is 13.6. The van der Waals surface area contributed by atoms with Crippen LogP contribution in [-0.4, -0.2) is 34.9 Å². The molecule has 1 saturated carbocycles. The quantitative estimate of drug-likeness (QED) is 0.796. The highest BCUT2D eigenvalue weighted by Crippen LogP contribution is 2.26. The van der Waals surface area contributed by atoms with Crippen LogP contribution in [0, 0.1) is 12.8 Å². The molecule has 0 bridgehead atoms. The number of amides is 1. The second-order valence-electron chi connectivity index (χ2n) is 8.07. The Kier molecular flexibility index (Phi) is 6.02. The van der Waals surface area contributed by atoms with E-state index >= 15 is 0 Å². The minimum absolute atomic E-state index is 0.150. The lowest BCUT2D eigenvalue weighted by Crippen LogP contribution is -2.43. The molecule has 1 aliphatic heterocycles. The molecule has 1 saturated heterocycles. The van der Waals surface area contributed by atoms with Crippen LogP contribution < -0.4 is 5.32 Å². The Labute approximate surface area is 171 Å². The van der Waals surface area contributed by atoms with Gasteiger partial charge >= 0.3 is 0 Å². The predicted octanol–water partition coefficient (Wildman–Crippen LogP) is 4.57. The molecule has 1 N–H and O–H groups in total. The SMILES string of the molecule is Cc1oc(-c2cccc(Cl)c2)nc1CN1CCC(C(=O)NC2CCCC2)CC1. The van der Waals surface area contributed by atoms with Crippen molar-refractivity contribution in [3.05, 3.63) is 40.7 Å². The smallest absolute Gasteiger partial charge is 0.226 e. The number of carbonyl (C=O) groups excluding carboxylic acids is 1. The number of aryl methyl sites for hydroxylation is 1. The van der Waals surface area contributed by atoms with Gasteiger partial charge in [-0.15, -0.1) is 0 Å². The summed E-state index contributed by atoms with van der Waals surface area (Å²) in [6, 6.07) is 7.97. The number of hydrogen-bond donors (Lipinski definition) is 1. The maximum atomic E-state index is 12.5. The monoisotopic (exact) mass is 401 g/mol. The van der Waals surface area contributed by atoms with Crippen molar-refractivity contribution in [2.75, 3.05) is 13.1 Å². The first-order valence-electron chi connectivity index (χ1n) is 10.3. The molecule has 0 atom stereocenters. The van der Waals surface area contributed by atoms with Crippen LogP contribution in [0.15, 0.2) is 28.7 Å². The van der Waals surface area contributed by atoms with E-state index in [1.54, 1.807) is 0 Å². The van der Waals surface area contributed by atoms with E-state index in [0.29, 0.717) is 17.0 Å². The van der Waals surface area contributed by atoms with Crippen molar-refractivity contribution in [2.45, 2.75) is 58.0 Å².